The first-order valence-corrected chi connectivity index (χ1v) is 4.30. The Labute approximate surface area is 79.7 Å². The van der Waals surface area contributed by atoms with Gasteiger partial charge in [0.1, 0.15) is 0 Å². The van der Waals surface area contributed by atoms with Gasteiger partial charge in [-0.05, 0) is 19.8 Å². The lowest BCUT2D eigenvalue weighted by Crippen LogP contribution is -2.19. The number of carboxylic acids is 1. The summed E-state index contributed by atoms with van der Waals surface area (Å²) in [5.74, 6) is 1.12. The highest BCUT2D eigenvalue weighted by molar-refractivity contribution is 5.71. The van der Waals surface area contributed by atoms with Crippen LogP contribution in [-0.4, -0.2) is 11.1 Å². The number of allylic oxidation sites excluding steroid dienone is 2. The number of aliphatic carboxylic acids is 1. The van der Waals surface area contributed by atoms with Crippen LogP contribution in [0.1, 0.15) is 27.2 Å². The first kappa shape index (κ1) is 11.8. The van der Waals surface area contributed by atoms with Crippen LogP contribution >= 0.6 is 0 Å². The minimum atomic E-state index is -0.817. The summed E-state index contributed by atoms with van der Waals surface area (Å²) >= 11 is 0. The molecule has 0 heterocycles. The highest BCUT2D eigenvalue weighted by Gasteiger charge is 2.21. The molecule has 0 aromatic carbocycles. The van der Waals surface area contributed by atoms with Gasteiger partial charge in [0, 0.05) is 6.42 Å². The highest BCUT2D eigenvalue weighted by atomic mass is 16.4. The van der Waals surface area contributed by atoms with Crippen molar-refractivity contribution < 1.29 is 9.90 Å². The van der Waals surface area contributed by atoms with Crippen LogP contribution in [0.15, 0.2) is 11.6 Å². The van der Waals surface area contributed by atoms with Gasteiger partial charge in [-0.2, -0.15) is 0 Å². The summed E-state index contributed by atoms with van der Waals surface area (Å²) in [5, 5.41) is 8.86. The van der Waals surface area contributed by atoms with E-state index in [4.69, 9.17) is 11.5 Å². The zero-order valence-electron chi connectivity index (χ0n) is 8.37. The SMILES string of the molecule is C#CCC(C(=O)O)C(C)C=C(C)C. The van der Waals surface area contributed by atoms with Crippen molar-refractivity contribution >= 4 is 5.97 Å². The number of hydrogen-bond acceptors (Lipinski definition) is 1. The Bertz CT molecular complexity index is 241. The van der Waals surface area contributed by atoms with Crippen molar-refractivity contribution in [3.63, 3.8) is 0 Å². The lowest BCUT2D eigenvalue weighted by Gasteiger charge is -2.14. The Morgan fingerprint density at radius 1 is 1.62 bits per heavy atom. The Hall–Kier alpha value is -1.23. The fourth-order valence-corrected chi connectivity index (χ4v) is 1.27. The largest absolute Gasteiger partial charge is 0.481 e. The third-order valence-corrected chi connectivity index (χ3v) is 1.89. The number of rotatable bonds is 4. The minimum Gasteiger partial charge on any atom is -0.481 e. The smallest absolute Gasteiger partial charge is 0.308 e. The zero-order chi connectivity index (χ0) is 10.4. The van der Waals surface area contributed by atoms with E-state index in [0.717, 1.165) is 5.57 Å². The Morgan fingerprint density at radius 3 is 2.46 bits per heavy atom. The normalized spacial score (nSPS) is 14.0. The van der Waals surface area contributed by atoms with Crippen molar-refractivity contribution in [3.05, 3.63) is 11.6 Å². The molecular formula is C11H16O2. The van der Waals surface area contributed by atoms with E-state index in [-0.39, 0.29) is 5.92 Å². The number of carbonyl (C=O) groups is 1. The molecular weight excluding hydrogens is 164 g/mol. The van der Waals surface area contributed by atoms with Gasteiger partial charge in [-0.25, -0.2) is 0 Å². The second kappa shape index (κ2) is 5.42. The van der Waals surface area contributed by atoms with Gasteiger partial charge in [-0.1, -0.05) is 18.6 Å². The Kier molecular flexibility index (Phi) is 4.91. The van der Waals surface area contributed by atoms with Crippen molar-refractivity contribution in [3.8, 4) is 12.3 Å². The van der Waals surface area contributed by atoms with E-state index >= 15 is 0 Å². The molecule has 0 saturated heterocycles. The molecule has 0 aliphatic carbocycles. The van der Waals surface area contributed by atoms with Crippen LogP contribution in [0.5, 0.6) is 0 Å². The summed E-state index contributed by atoms with van der Waals surface area (Å²) in [7, 11) is 0. The molecule has 1 N–H and O–H groups in total. The molecule has 0 saturated carbocycles. The molecule has 13 heavy (non-hydrogen) atoms. The number of terminal acetylenes is 1. The molecule has 0 fully saturated rings. The van der Waals surface area contributed by atoms with Gasteiger partial charge in [0.25, 0.3) is 0 Å². The van der Waals surface area contributed by atoms with Crippen LogP contribution in [-0.2, 0) is 4.79 Å². The molecule has 0 aliphatic rings. The molecule has 0 rings (SSSR count). The summed E-state index contributed by atoms with van der Waals surface area (Å²) < 4.78 is 0. The van der Waals surface area contributed by atoms with Crippen LogP contribution < -0.4 is 0 Å². The van der Waals surface area contributed by atoms with Gasteiger partial charge >= 0.3 is 5.97 Å². The van der Waals surface area contributed by atoms with E-state index in [1.165, 1.54) is 0 Å². The molecule has 2 nitrogen and oxygen atoms in total. The van der Waals surface area contributed by atoms with Crippen LogP contribution in [0.4, 0.5) is 0 Å². The van der Waals surface area contributed by atoms with Crippen LogP contribution in [0.25, 0.3) is 0 Å². The quantitative estimate of drug-likeness (QED) is 0.532. The third kappa shape index (κ3) is 4.37. The minimum absolute atomic E-state index is 0.00134. The molecule has 0 spiro atoms. The van der Waals surface area contributed by atoms with E-state index in [9.17, 15) is 4.79 Å². The van der Waals surface area contributed by atoms with Gasteiger partial charge in [-0.3, -0.25) is 4.79 Å². The number of hydrogen-bond donors (Lipinski definition) is 1. The average Bonchev–Trinajstić information content (AvgIpc) is 1.97. The summed E-state index contributed by atoms with van der Waals surface area (Å²) in [6.07, 6.45) is 7.33. The van der Waals surface area contributed by atoms with Crippen LogP contribution in [0.2, 0.25) is 0 Å². The van der Waals surface area contributed by atoms with E-state index in [0.29, 0.717) is 6.42 Å². The van der Waals surface area contributed by atoms with Gasteiger partial charge in [0.2, 0.25) is 0 Å². The first-order valence-electron chi connectivity index (χ1n) is 4.30. The zero-order valence-corrected chi connectivity index (χ0v) is 8.37. The van der Waals surface area contributed by atoms with E-state index < -0.39 is 11.9 Å². The van der Waals surface area contributed by atoms with Gasteiger partial charge in [0.15, 0.2) is 0 Å². The monoisotopic (exact) mass is 180 g/mol. The van der Waals surface area contributed by atoms with Crippen molar-refractivity contribution in [2.75, 3.05) is 0 Å². The summed E-state index contributed by atoms with van der Waals surface area (Å²) in [6.45, 7) is 5.78. The summed E-state index contributed by atoms with van der Waals surface area (Å²) in [4.78, 5) is 10.8. The highest BCUT2D eigenvalue weighted by Crippen LogP contribution is 2.18. The van der Waals surface area contributed by atoms with Crippen molar-refractivity contribution in [2.45, 2.75) is 27.2 Å². The fourth-order valence-electron chi connectivity index (χ4n) is 1.27. The van der Waals surface area contributed by atoms with E-state index in [2.05, 4.69) is 5.92 Å². The molecule has 0 aliphatic heterocycles. The second-order valence-corrected chi connectivity index (χ2v) is 3.46. The van der Waals surface area contributed by atoms with Crippen LogP contribution in [0, 0.1) is 24.2 Å². The van der Waals surface area contributed by atoms with Crippen LogP contribution in [0.3, 0.4) is 0 Å². The molecule has 0 amide bonds. The first-order chi connectivity index (χ1) is 5.99. The molecule has 72 valence electrons. The lowest BCUT2D eigenvalue weighted by atomic mass is 9.90. The van der Waals surface area contributed by atoms with E-state index in [1.54, 1.807) is 0 Å². The predicted octanol–water partition coefficient (Wildman–Crippen LogP) is 2.31. The maximum atomic E-state index is 10.8. The van der Waals surface area contributed by atoms with Gasteiger partial charge in [-0.15, -0.1) is 12.3 Å². The maximum absolute atomic E-state index is 10.8. The molecule has 2 heteroatoms. The molecule has 0 radical (unpaired) electrons. The molecule has 2 atom stereocenters. The summed E-state index contributed by atoms with van der Waals surface area (Å²) in [5.41, 5.74) is 1.12. The maximum Gasteiger partial charge on any atom is 0.308 e. The topological polar surface area (TPSA) is 37.3 Å². The van der Waals surface area contributed by atoms with Crippen molar-refractivity contribution in [2.24, 2.45) is 11.8 Å². The van der Waals surface area contributed by atoms with E-state index in [1.807, 2.05) is 26.8 Å². The second-order valence-electron chi connectivity index (χ2n) is 3.46. The van der Waals surface area contributed by atoms with Crippen molar-refractivity contribution in [1.82, 2.24) is 0 Å². The third-order valence-electron chi connectivity index (χ3n) is 1.89. The number of carboxylic acid groups (broad SMARTS) is 1. The average molecular weight is 180 g/mol. The summed E-state index contributed by atoms with van der Waals surface area (Å²) in [6, 6.07) is 0. The molecule has 0 aromatic heterocycles. The predicted molar refractivity (Wildman–Crippen MR) is 53.2 cm³/mol. The van der Waals surface area contributed by atoms with Gasteiger partial charge < -0.3 is 5.11 Å². The van der Waals surface area contributed by atoms with Crippen molar-refractivity contribution in [1.29, 1.82) is 0 Å². The molecule has 0 bridgehead atoms. The Morgan fingerprint density at radius 2 is 2.15 bits per heavy atom. The fraction of sp³-hybridized carbons (Fsp3) is 0.545. The Balaban J connectivity index is 4.48. The van der Waals surface area contributed by atoms with Gasteiger partial charge in [0.05, 0.1) is 5.92 Å². The molecule has 0 aromatic rings. The standard InChI is InChI=1S/C11H16O2/c1-5-6-10(11(12)13)9(4)7-8(2)3/h1,7,9-10H,6H2,2-4H3,(H,12,13). The lowest BCUT2D eigenvalue weighted by molar-refractivity contribution is -0.142. The molecule has 2 unspecified atom stereocenters.